The van der Waals surface area contributed by atoms with Crippen molar-refractivity contribution in [2.45, 2.75) is 12.8 Å². The number of carbonyl (C=O) groups excluding carboxylic acids is 1. The van der Waals surface area contributed by atoms with Crippen LogP contribution in [-0.2, 0) is 22.4 Å². The fourth-order valence-electron chi connectivity index (χ4n) is 3.02. The molecule has 2 aromatic carbocycles. The van der Waals surface area contributed by atoms with Crippen LogP contribution in [0.2, 0.25) is 0 Å². The van der Waals surface area contributed by atoms with Crippen LogP contribution >= 0.6 is 0 Å². The molecule has 1 aliphatic rings. The summed E-state index contributed by atoms with van der Waals surface area (Å²) in [6.07, 6.45) is 0.910. The Morgan fingerprint density at radius 1 is 1.04 bits per heavy atom. The maximum Gasteiger partial charge on any atom is 0.309 e. The van der Waals surface area contributed by atoms with E-state index in [0.29, 0.717) is 18.4 Å². The summed E-state index contributed by atoms with van der Waals surface area (Å²) in [4.78, 5) is 12.0. The number of hydrogen-bond acceptors (Lipinski definition) is 5. The van der Waals surface area contributed by atoms with Gasteiger partial charge < -0.3 is 20.1 Å². The van der Waals surface area contributed by atoms with Crippen LogP contribution < -0.4 is 0 Å². The molecule has 0 bridgehead atoms. The maximum atomic E-state index is 12.0. The van der Waals surface area contributed by atoms with E-state index in [9.17, 15) is 20.1 Å². The van der Waals surface area contributed by atoms with Gasteiger partial charge in [0.2, 0.25) is 0 Å². The topological polar surface area (TPSA) is 87.0 Å². The van der Waals surface area contributed by atoms with Gasteiger partial charge in [-0.1, -0.05) is 24.3 Å². The zero-order chi connectivity index (χ0) is 16.4. The predicted octanol–water partition coefficient (Wildman–Crippen LogP) is 2.38. The molecule has 2 aromatic rings. The molecule has 23 heavy (non-hydrogen) atoms. The number of cyclic esters (lactones) is 1. The number of phenolic OH excluding ortho intramolecular Hbond substituents is 3. The fraction of sp³-hybridized carbons (Fsp3) is 0.278. The van der Waals surface area contributed by atoms with Gasteiger partial charge in [-0.25, -0.2) is 0 Å². The number of para-hydroxylation sites is 1. The van der Waals surface area contributed by atoms with Crippen LogP contribution in [0.4, 0.5) is 0 Å². The minimum atomic E-state index is -0.335. The molecular formula is C18H18O5. The summed E-state index contributed by atoms with van der Waals surface area (Å²) < 4.78 is 5.18. The first-order chi connectivity index (χ1) is 11.0. The number of carbonyl (C=O) groups is 1. The van der Waals surface area contributed by atoms with Crippen LogP contribution in [-0.4, -0.2) is 27.9 Å². The zero-order valence-electron chi connectivity index (χ0n) is 12.5. The lowest BCUT2D eigenvalue weighted by atomic mass is 9.85. The lowest BCUT2D eigenvalue weighted by Gasteiger charge is -2.16. The van der Waals surface area contributed by atoms with E-state index in [1.807, 2.05) is 6.07 Å². The van der Waals surface area contributed by atoms with Crippen molar-refractivity contribution in [1.29, 1.82) is 0 Å². The van der Waals surface area contributed by atoms with Crippen molar-refractivity contribution in [3.63, 3.8) is 0 Å². The third kappa shape index (κ3) is 3.23. The van der Waals surface area contributed by atoms with Crippen molar-refractivity contribution in [3.8, 4) is 17.2 Å². The normalized spacial score (nSPS) is 20.4. The van der Waals surface area contributed by atoms with Crippen LogP contribution in [0.1, 0.15) is 11.1 Å². The van der Waals surface area contributed by atoms with Crippen molar-refractivity contribution in [1.82, 2.24) is 0 Å². The summed E-state index contributed by atoms with van der Waals surface area (Å²) in [5.41, 5.74) is 1.45. The van der Waals surface area contributed by atoms with E-state index in [1.165, 1.54) is 6.07 Å². The van der Waals surface area contributed by atoms with Crippen molar-refractivity contribution in [2.75, 3.05) is 6.61 Å². The molecule has 5 heteroatoms. The van der Waals surface area contributed by atoms with Gasteiger partial charge in [0.05, 0.1) is 12.5 Å². The minimum Gasteiger partial charge on any atom is -0.508 e. The van der Waals surface area contributed by atoms with Gasteiger partial charge in [0.1, 0.15) is 5.75 Å². The standard InChI is InChI=1S/C18H18O5/c19-14-5-1-3-11(7-14)8-15-13(10-23-18(15)22)9-12-4-2-6-16(20)17(12)21/h1-7,13,15,19-21H,8-10H2. The highest BCUT2D eigenvalue weighted by Gasteiger charge is 2.37. The van der Waals surface area contributed by atoms with E-state index in [4.69, 9.17) is 4.74 Å². The van der Waals surface area contributed by atoms with Gasteiger partial charge in [0.15, 0.2) is 11.5 Å². The molecule has 1 aliphatic heterocycles. The average molecular weight is 314 g/mol. The molecule has 120 valence electrons. The number of rotatable bonds is 4. The number of phenols is 3. The Balaban J connectivity index is 1.78. The molecule has 5 nitrogen and oxygen atoms in total. The van der Waals surface area contributed by atoms with Crippen LogP contribution in [0.5, 0.6) is 17.2 Å². The van der Waals surface area contributed by atoms with Crippen molar-refractivity contribution < 1.29 is 24.9 Å². The number of ether oxygens (including phenoxy) is 1. The summed E-state index contributed by atoms with van der Waals surface area (Å²) in [7, 11) is 0. The fourth-order valence-corrected chi connectivity index (χ4v) is 3.02. The highest BCUT2D eigenvalue weighted by Crippen LogP contribution is 2.35. The Labute approximate surface area is 133 Å². The molecule has 1 saturated heterocycles. The molecule has 0 amide bonds. The smallest absolute Gasteiger partial charge is 0.309 e. The molecule has 0 spiro atoms. The Morgan fingerprint density at radius 2 is 1.83 bits per heavy atom. The van der Waals surface area contributed by atoms with Crippen LogP contribution in [0.3, 0.4) is 0 Å². The Kier molecular flexibility index (Phi) is 4.10. The quantitative estimate of drug-likeness (QED) is 0.596. The second-order valence-electron chi connectivity index (χ2n) is 5.86. The van der Waals surface area contributed by atoms with Crippen LogP contribution in [0.15, 0.2) is 42.5 Å². The molecule has 0 aromatic heterocycles. The van der Waals surface area contributed by atoms with E-state index >= 15 is 0 Å². The summed E-state index contributed by atoms with van der Waals surface area (Å²) in [6, 6.07) is 11.6. The summed E-state index contributed by atoms with van der Waals surface area (Å²) in [6.45, 7) is 0.289. The lowest BCUT2D eigenvalue weighted by Crippen LogP contribution is -2.20. The monoisotopic (exact) mass is 314 g/mol. The average Bonchev–Trinajstić information content (AvgIpc) is 2.85. The molecule has 2 unspecified atom stereocenters. The molecule has 2 atom stereocenters. The summed E-state index contributed by atoms with van der Waals surface area (Å²) in [5.74, 6) is -0.842. The molecular weight excluding hydrogens is 296 g/mol. The molecule has 0 aliphatic carbocycles. The van der Waals surface area contributed by atoms with Crippen molar-refractivity contribution in [2.24, 2.45) is 11.8 Å². The summed E-state index contributed by atoms with van der Waals surface area (Å²) in [5, 5.41) is 29.1. The third-order valence-electron chi connectivity index (χ3n) is 4.26. The highest BCUT2D eigenvalue weighted by molar-refractivity contribution is 5.75. The SMILES string of the molecule is O=C1OCC(Cc2cccc(O)c2O)C1Cc1cccc(O)c1. The van der Waals surface area contributed by atoms with Crippen LogP contribution in [0, 0.1) is 11.8 Å². The highest BCUT2D eigenvalue weighted by atomic mass is 16.5. The van der Waals surface area contributed by atoms with E-state index < -0.39 is 0 Å². The van der Waals surface area contributed by atoms with Gasteiger partial charge in [-0.05, 0) is 42.2 Å². The van der Waals surface area contributed by atoms with Gasteiger partial charge >= 0.3 is 5.97 Å². The number of esters is 1. The van der Waals surface area contributed by atoms with Gasteiger partial charge in [-0.15, -0.1) is 0 Å². The van der Waals surface area contributed by atoms with Gasteiger partial charge in [-0.3, -0.25) is 4.79 Å². The largest absolute Gasteiger partial charge is 0.508 e. The third-order valence-corrected chi connectivity index (χ3v) is 4.26. The number of benzene rings is 2. The first-order valence-electron chi connectivity index (χ1n) is 7.49. The van der Waals surface area contributed by atoms with Crippen molar-refractivity contribution in [3.05, 3.63) is 53.6 Å². The molecule has 1 heterocycles. The molecule has 3 N–H and O–H groups in total. The molecule has 0 radical (unpaired) electrons. The van der Waals surface area contributed by atoms with Gasteiger partial charge in [0, 0.05) is 5.92 Å². The number of aromatic hydroxyl groups is 3. The van der Waals surface area contributed by atoms with E-state index in [2.05, 4.69) is 0 Å². The molecule has 0 saturated carbocycles. The molecule has 1 fully saturated rings. The molecule has 3 rings (SSSR count). The Bertz CT molecular complexity index is 725. The number of hydrogen-bond donors (Lipinski definition) is 3. The maximum absolute atomic E-state index is 12.0. The van der Waals surface area contributed by atoms with Gasteiger partial charge in [0.25, 0.3) is 0 Å². The predicted molar refractivity (Wildman–Crippen MR) is 83.2 cm³/mol. The van der Waals surface area contributed by atoms with Crippen LogP contribution in [0.25, 0.3) is 0 Å². The van der Waals surface area contributed by atoms with Gasteiger partial charge in [-0.2, -0.15) is 0 Å². The second-order valence-corrected chi connectivity index (χ2v) is 5.86. The lowest BCUT2D eigenvalue weighted by molar-refractivity contribution is -0.141. The first-order valence-corrected chi connectivity index (χ1v) is 7.49. The van der Waals surface area contributed by atoms with E-state index in [-0.39, 0.29) is 41.7 Å². The zero-order valence-corrected chi connectivity index (χ0v) is 12.5. The second kappa shape index (κ2) is 6.20. The first kappa shape index (κ1) is 15.2. The Morgan fingerprint density at radius 3 is 2.61 bits per heavy atom. The van der Waals surface area contributed by atoms with Crippen molar-refractivity contribution >= 4 is 5.97 Å². The summed E-state index contributed by atoms with van der Waals surface area (Å²) >= 11 is 0. The Hall–Kier alpha value is -2.69. The van der Waals surface area contributed by atoms with E-state index in [1.54, 1.807) is 30.3 Å². The van der Waals surface area contributed by atoms with E-state index in [0.717, 1.165) is 5.56 Å². The minimum absolute atomic E-state index is 0.0856.